The van der Waals surface area contributed by atoms with E-state index >= 15 is 0 Å². The van der Waals surface area contributed by atoms with Gasteiger partial charge in [-0.1, -0.05) is 23.4 Å². The van der Waals surface area contributed by atoms with Gasteiger partial charge in [-0.25, -0.2) is 4.98 Å². The number of hydrogen-bond acceptors (Lipinski definition) is 8. The predicted octanol–water partition coefficient (Wildman–Crippen LogP) is 2.28. The quantitative estimate of drug-likeness (QED) is 0.513. The predicted molar refractivity (Wildman–Crippen MR) is 89.5 cm³/mol. The van der Waals surface area contributed by atoms with Gasteiger partial charge in [0.2, 0.25) is 16.9 Å². The molecule has 0 bridgehead atoms. The Morgan fingerprint density at radius 2 is 2.08 bits per heavy atom. The van der Waals surface area contributed by atoms with E-state index in [4.69, 9.17) is 20.9 Å². The molecule has 26 heavy (non-hydrogen) atoms. The Kier molecular flexibility index (Phi) is 3.28. The van der Waals surface area contributed by atoms with Crippen LogP contribution in [0.25, 0.3) is 27.9 Å². The summed E-state index contributed by atoms with van der Waals surface area (Å²) >= 11 is 5.81. The molecule has 0 aliphatic carbocycles. The molecule has 0 saturated heterocycles. The molecule has 1 N–H and O–H groups in total. The van der Waals surface area contributed by atoms with Gasteiger partial charge in [0, 0.05) is 16.8 Å². The maximum absolute atomic E-state index is 5.83. The molecule has 0 radical (unpaired) electrons. The normalized spacial score (nSPS) is 11.4. The summed E-state index contributed by atoms with van der Waals surface area (Å²) in [6, 6.07) is 9.16. The van der Waals surface area contributed by atoms with E-state index in [2.05, 4.69) is 35.6 Å². The molecule has 5 rings (SSSR count). The Bertz CT molecular complexity index is 1210. The van der Waals surface area contributed by atoms with E-state index in [0.717, 1.165) is 10.8 Å². The monoisotopic (exact) mass is 368 g/mol. The number of aromatic nitrogens is 8. The highest BCUT2D eigenvalue weighted by Gasteiger charge is 2.18. The van der Waals surface area contributed by atoms with Gasteiger partial charge in [0.1, 0.15) is 6.33 Å². The number of nitrogens with zero attached hydrogens (tertiary/aromatic N) is 7. The smallest absolute Gasteiger partial charge is 0.240 e. The molecule has 10 nitrogen and oxygen atoms in total. The highest BCUT2D eigenvalue weighted by molar-refractivity contribution is 6.29. The fraction of sp³-hybridized carbons (Fsp3) is 0.0667. The molecular formula is C15H9ClN8O2. The minimum atomic E-state index is 0.151. The van der Waals surface area contributed by atoms with Crippen molar-refractivity contribution in [1.82, 2.24) is 40.1 Å². The van der Waals surface area contributed by atoms with Gasteiger partial charge in [-0.05, 0) is 17.7 Å². The molecule has 0 aliphatic rings. The van der Waals surface area contributed by atoms with Crippen LogP contribution in [0.3, 0.4) is 0 Å². The lowest BCUT2D eigenvalue weighted by Gasteiger charge is -2.08. The van der Waals surface area contributed by atoms with E-state index in [0.29, 0.717) is 28.9 Å². The van der Waals surface area contributed by atoms with Gasteiger partial charge >= 0.3 is 0 Å². The minimum absolute atomic E-state index is 0.151. The van der Waals surface area contributed by atoms with Crippen LogP contribution in [0.2, 0.25) is 5.22 Å². The average molecular weight is 369 g/mol. The number of rotatable bonds is 4. The van der Waals surface area contributed by atoms with Crippen LogP contribution in [0.1, 0.15) is 5.82 Å². The summed E-state index contributed by atoms with van der Waals surface area (Å²) in [4.78, 5) is 4.04. The van der Waals surface area contributed by atoms with Gasteiger partial charge in [-0.15, -0.1) is 15.3 Å². The first-order valence-corrected chi connectivity index (χ1v) is 7.91. The number of halogens is 1. The lowest BCUT2D eigenvalue weighted by molar-refractivity contribution is 0.284. The SMILES string of the molecule is Clc1cc(-c2nnc3c4ccccc4c(OCc4nc[nH]n4)nn23)no1. The van der Waals surface area contributed by atoms with Crippen LogP contribution < -0.4 is 4.74 Å². The molecule has 4 aromatic heterocycles. The van der Waals surface area contributed by atoms with Gasteiger partial charge in [0.25, 0.3) is 0 Å². The highest BCUT2D eigenvalue weighted by Crippen LogP contribution is 2.29. The topological polar surface area (TPSA) is 120 Å². The number of H-pyrrole nitrogens is 1. The Morgan fingerprint density at radius 1 is 1.19 bits per heavy atom. The van der Waals surface area contributed by atoms with Crippen molar-refractivity contribution in [2.45, 2.75) is 6.61 Å². The van der Waals surface area contributed by atoms with Crippen LogP contribution in [0, 0.1) is 0 Å². The van der Waals surface area contributed by atoms with Crippen molar-refractivity contribution in [1.29, 1.82) is 0 Å². The number of benzene rings is 1. The van der Waals surface area contributed by atoms with Crippen molar-refractivity contribution < 1.29 is 9.26 Å². The zero-order chi connectivity index (χ0) is 17.5. The van der Waals surface area contributed by atoms with E-state index in [1.807, 2.05) is 24.3 Å². The lowest BCUT2D eigenvalue weighted by Crippen LogP contribution is -2.04. The second-order valence-electron chi connectivity index (χ2n) is 5.33. The van der Waals surface area contributed by atoms with Gasteiger partial charge in [-0.2, -0.15) is 9.61 Å². The summed E-state index contributed by atoms with van der Waals surface area (Å²) in [6.07, 6.45) is 1.49. The summed E-state index contributed by atoms with van der Waals surface area (Å²) in [5.74, 6) is 1.31. The molecule has 128 valence electrons. The van der Waals surface area contributed by atoms with E-state index in [9.17, 15) is 0 Å². The largest absolute Gasteiger partial charge is 0.468 e. The summed E-state index contributed by atoms with van der Waals surface area (Å²) in [5, 5.41) is 25.2. The maximum atomic E-state index is 5.83. The van der Waals surface area contributed by atoms with Gasteiger partial charge in [0.15, 0.2) is 23.8 Å². The third kappa shape index (κ3) is 2.35. The van der Waals surface area contributed by atoms with Crippen LogP contribution in [0.15, 0.2) is 41.2 Å². The summed E-state index contributed by atoms with van der Waals surface area (Å²) < 4.78 is 12.3. The van der Waals surface area contributed by atoms with Crippen molar-refractivity contribution in [3.63, 3.8) is 0 Å². The second kappa shape index (κ2) is 5.77. The Balaban J connectivity index is 1.69. The van der Waals surface area contributed by atoms with Gasteiger partial charge in [-0.3, -0.25) is 5.10 Å². The van der Waals surface area contributed by atoms with Crippen LogP contribution in [0.5, 0.6) is 5.88 Å². The summed E-state index contributed by atoms with van der Waals surface area (Å²) in [6.45, 7) is 0.166. The van der Waals surface area contributed by atoms with Crippen LogP contribution in [0.4, 0.5) is 0 Å². The van der Waals surface area contributed by atoms with E-state index in [1.165, 1.54) is 6.33 Å². The molecule has 5 aromatic rings. The van der Waals surface area contributed by atoms with Crippen LogP contribution >= 0.6 is 11.6 Å². The molecule has 0 aliphatic heterocycles. The van der Waals surface area contributed by atoms with Crippen molar-refractivity contribution in [2.24, 2.45) is 0 Å². The molecule has 0 unspecified atom stereocenters. The molecular weight excluding hydrogens is 360 g/mol. The van der Waals surface area contributed by atoms with Crippen molar-refractivity contribution >= 4 is 28.0 Å². The summed E-state index contributed by atoms with van der Waals surface area (Å²) in [7, 11) is 0. The summed E-state index contributed by atoms with van der Waals surface area (Å²) in [5.41, 5.74) is 0.991. The molecule has 11 heteroatoms. The maximum Gasteiger partial charge on any atom is 0.240 e. The fourth-order valence-electron chi connectivity index (χ4n) is 2.61. The number of ether oxygens (including phenoxy) is 1. The lowest BCUT2D eigenvalue weighted by atomic mass is 10.2. The molecule has 0 fully saturated rings. The second-order valence-corrected chi connectivity index (χ2v) is 5.70. The first-order valence-electron chi connectivity index (χ1n) is 7.54. The zero-order valence-corrected chi connectivity index (χ0v) is 13.8. The van der Waals surface area contributed by atoms with Crippen molar-refractivity contribution in [3.8, 4) is 17.4 Å². The average Bonchev–Trinajstić information content (AvgIpc) is 3.40. The number of fused-ring (bicyclic) bond motifs is 3. The Morgan fingerprint density at radius 3 is 2.85 bits per heavy atom. The van der Waals surface area contributed by atoms with Crippen molar-refractivity contribution in [3.05, 3.63) is 47.7 Å². The molecule has 0 spiro atoms. The van der Waals surface area contributed by atoms with Gasteiger partial charge in [0.05, 0.1) is 0 Å². The highest BCUT2D eigenvalue weighted by atomic mass is 35.5. The minimum Gasteiger partial charge on any atom is -0.468 e. The van der Waals surface area contributed by atoms with Crippen molar-refractivity contribution in [2.75, 3.05) is 0 Å². The van der Waals surface area contributed by atoms with Crippen LogP contribution in [-0.2, 0) is 6.61 Å². The first kappa shape index (κ1) is 14.8. The molecule has 4 heterocycles. The number of aromatic amines is 1. The molecule has 0 atom stereocenters. The fourth-order valence-corrected chi connectivity index (χ4v) is 2.75. The Hall–Kier alpha value is -3.53. The van der Waals surface area contributed by atoms with E-state index in [1.54, 1.807) is 10.6 Å². The molecule has 0 saturated carbocycles. The Labute approximate surface area is 149 Å². The van der Waals surface area contributed by atoms with E-state index < -0.39 is 0 Å². The zero-order valence-electron chi connectivity index (χ0n) is 13.0. The van der Waals surface area contributed by atoms with Crippen LogP contribution in [-0.4, -0.2) is 40.1 Å². The van der Waals surface area contributed by atoms with E-state index in [-0.39, 0.29) is 11.8 Å². The molecule has 1 aromatic carbocycles. The van der Waals surface area contributed by atoms with Gasteiger partial charge < -0.3 is 9.26 Å². The molecule has 0 amide bonds. The number of hydrogen-bond donors (Lipinski definition) is 1. The first-order chi connectivity index (χ1) is 12.8. The third-order valence-corrected chi connectivity index (χ3v) is 3.92. The standard InChI is InChI=1S/C15H9ClN8O2/c16-11-5-10(23-26-11)14-21-20-13-8-3-1-2-4-9(8)15(22-24(13)14)25-6-12-17-7-18-19-12/h1-5,7H,6H2,(H,17,18,19). The third-order valence-electron chi connectivity index (χ3n) is 3.74. The number of nitrogens with one attached hydrogen (secondary N) is 1.